The van der Waals surface area contributed by atoms with E-state index in [1.54, 1.807) is 14.0 Å². The molecule has 5 aliphatic rings. The highest BCUT2D eigenvalue weighted by Gasteiger charge is 2.52. The third-order valence-electron chi connectivity index (χ3n) is 6.76. The van der Waals surface area contributed by atoms with Crippen molar-refractivity contribution in [3.8, 4) is 0 Å². The van der Waals surface area contributed by atoms with Crippen molar-refractivity contribution >= 4 is 23.7 Å². The van der Waals surface area contributed by atoms with Crippen LogP contribution in [0.3, 0.4) is 0 Å². The molecule has 1 spiro atoms. The Kier molecular flexibility index (Phi) is 5.05. The molecule has 4 unspecified atom stereocenters. The quantitative estimate of drug-likeness (QED) is 0.606. The zero-order valence-corrected chi connectivity index (χ0v) is 18.9. The van der Waals surface area contributed by atoms with Gasteiger partial charge in [-0.05, 0) is 36.5 Å². The van der Waals surface area contributed by atoms with Crippen LogP contribution in [0.15, 0.2) is 46.3 Å². The summed E-state index contributed by atoms with van der Waals surface area (Å²) >= 11 is 1.54. The van der Waals surface area contributed by atoms with Gasteiger partial charge in [-0.15, -0.1) is 0 Å². The van der Waals surface area contributed by atoms with E-state index in [0.29, 0.717) is 19.0 Å². The Hall–Kier alpha value is -2.39. The standard InChI is InChI=1S/C22H29N5O3S/c1-13-4-6-17-15(10-13)22(8-9-26(11-22)14(2)28)12-27(17)21(29)25-20-23-16-5-7-18(30-3)24-19(16)31-20/h5-7,10,13,18,20,23-24H,4,8-9,11-12H2,1-3H3,(H,25,29). The van der Waals surface area contributed by atoms with Crippen molar-refractivity contribution in [2.24, 2.45) is 11.3 Å². The van der Waals surface area contributed by atoms with Gasteiger partial charge in [-0.3, -0.25) is 9.69 Å². The van der Waals surface area contributed by atoms with Crippen LogP contribution in [0.4, 0.5) is 4.79 Å². The molecule has 8 nitrogen and oxygen atoms in total. The van der Waals surface area contributed by atoms with Gasteiger partial charge in [0.25, 0.3) is 0 Å². The number of nitrogens with zero attached hydrogens (tertiary/aromatic N) is 2. The van der Waals surface area contributed by atoms with Gasteiger partial charge in [0, 0.05) is 44.8 Å². The van der Waals surface area contributed by atoms with Crippen LogP contribution in [-0.4, -0.2) is 60.2 Å². The summed E-state index contributed by atoms with van der Waals surface area (Å²) < 4.78 is 5.33. The van der Waals surface area contributed by atoms with Gasteiger partial charge in [0.1, 0.15) is 6.23 Å². The van der Waals surface area contributed by atoms with E-state index in [4.69, 9.17) is 4.74 Å². The van der Waals surface area contributed by atoms with Crippen LogP contribution < -0.4 is 16.0 Å². The molecule has 4 atom stereocenters. The number of urea groups is 1. The molecule has 1 aliphatic carbocycles. The van der Waals surface area contributed by atoms with Crippen molar-refractivity contribution in [3.05, 3.63) is 46.3 Å². The SMILES string of the molecule is COC1C=CC2=C(N1)SC(NC(=O)N1CC3(CCN(C(C)=O)C3)C3=CC(C)CC=C31)N2. The number of amides is 3. The number of carbonyl (C=O) groups is 2. The van der Waals surface area contributed by atoms with Crippen LogP contribution in [0.5, 0.6) is 0 Å². The lowest BCUT2D eigenvalue weighted by Crippen LogP contribution is -2.47. The molecule has 0 aromatic heterocycles. The number of dihydropyridines is 1. The first kappa shape index (κ1) is 20.5. The number of fused-ring (bicyclic) bond motifs is 2. The van der Waals surface area contributed by atoms with Gasteiger partial charge in [-0.25, -0.2) is 4.79 Å². The second kappa shape index (κ2) is 7.63. The molecule has 0 bridgehead atoms. The Morgan fingerprint density at radius 1 is 1.32 bits per heavy atom. The number of nitrogens with one attached hydrogen (secondary N) is 3. The predicted octanol–water partition coefficient (Wildman–Crippen LogP) is 2.02. The van der Waals surface area contributed by atoms with E-state index in [1.165, 1.54) is 17.3 Å². The molecule has 3 amide bonds. The third kappa shape index (κ3) is 3.53. The van der Waals surface area contributed by atoms with E-state index >= 15 is 0 Å². The summed E-state index contributed by atoms with van der Waals surface area (Å²) in [6, 6.07) is -0.109. The Morgan fingerprint density at radius 3 is 2.90 bits per heavy atom. The highest BCUT2D eigenvalue weighted by atomic mass is 32.2. The largest absolute Gasteiger partial charge is 0.358 e. The molecule has 4 aliphatic heterocycles. The molecule has 2 fully saturated rings. The number of methoxy groups -OCH3 is 1. The van der Waals surface area contributed by atoms with Gasteiger partial charge in [0.15, 0.2) is 5.50 Å². The van der Waals surface area contributed by atoms with E-state index in [0.717, 1.165) is 35.8 Å². The van der Waals surface area contributed by atoms with Gasteiger partial charge in [0.2, 0.25) is 5.91 Å². The lowest BCUT2D eigenvalue weighted by Gasteiger charge is -2.26. The van der Waals surface area contributed by atoms with Gasteiger partial charge in [-0.2, -0.15) is 0 Å². The molecule has 0 saturated carbocycles. The molecule has 5 rings (SSSR count). The summed E-state index contributed by atoms with van der Waals surface area (Å²) in [5.74, 6) is 0.549. The number of allylic oxidation sites excluding steroid dienone is 4. The van der Waals surface area contributed by atoms with E-state index in [1.807, 2.05) is 22.0 Å². The monoisotopic (exact) mass is 443 g/mol. The van der Waals surface area contributed by atoms with Crippen LogP contribution >= 0.6 is 11.8 Å². The maximum absolute atomic E-state index is 13.4. The van der Waals surface area contributed by atoms with Crippen LogP contribution in [0.2, 0.25) is 0 Å². The van der Waals surface area contributed by atoms with Gasteiger partial charge in [-0.1, -0.05) is 30.8 Å². The number of likely N-dealkylation sites (tertiary alicyclic amines) is 2. The number of rotatable bonds is 2. The molecule has 4 heterocycles. The van der Waals surface area contributed by atoms with Gasteiger partial charge < -0.3 is 25.6 Å². The van der Waals surface area contributed by atoms with Crippen molar-refractivity contribution in [1.82, 2.24) is 25.8 Å². The summed E-state index contributed by atoms with van der Waals surface area (Å²) in [4.78, 5) is 29.1. The Morgan fingerprint density at radius 2 is 2.16 bits per heavy atom. The van der Waals surface area contributed by atoms with Gasteiger partial charge in [0.05, 0.1) is 10.7 Å². The number of hydrogen-bond donors (Lipinski definition) is 3. The van der Waals surface area contributed by atoms with E-state index in [2.05, 4.69) is 35.0 Å². The van der Waals surface area contributed by atoms with Crippen LogP contribution in [0.1, 0.15) is 26.7 Å². The topological polar surface area (TPSA) is 85.9 Å². The number of carbonyl (C=O) groups excluding carboxylic acids is 2. The maximum Gasteiger partial charge on any atom is 0.324 e. The summed E-state index contributed by atoms with van der Waals surface area (Å²) in [6.45, 7) is 5.88. The van der Waals surface area contributed by atoms with Crippen molar-refractivity contribution in [1.29, 1.82) is 0 Å². The first-order valence-electron chi connectivity index (χ1n) is 10.8. The fourth-order valence-corrected chi connectivity index (χ4v) is 6.12. The van der Waals surface area contributed by atoms with Gasteiger partial charge >= 0.3 is 6.03 Å². The maximum atomic E-state index is 13.4. The molecule has 0 radical (unpaired) electrons. The third-order valence-corrected chi connectivity index (χ3v) is 7.81. The van der Waals surface area contributed by atoms with E-state index in [9.17, 15) is 9.59 Å². The van der Waals surface area contributed by atoms with E-state index < -0.39 is 0 Å². The minimum Gasteiger partial charge on any atom is -0.358 e. The Bertz CT molecular complexity index is 941. The minimum absolute atomic E-state index is 0.105. The Balaban J connectivity index is 1.31. The molecule has 166 valence electrons. The molecular weight excluding hydrogens is 414 g/mol. The lowest BCUT2D eigenvalue weighted by atomic mass is 9.77. The molecule has 31 heavy (non-hydrogen) atoms. The fourth-order valence-electron chi connectivity index (χ4n) is 5.10. The predicted molar refractivity (Wildman–Crippen MR) is 119 cm³/mol. The first-order chi connectivity index (χ1) is 14.9. The summed E-state index contributed by atoms with van der Waals surface area (Å²) in [7, 11) is 1.66. The average molecular weight is 444 g/mol. The first-order valence-corrected chi connectivity index (χ1v) is 11.7. The van der Waals surface area contributed by atoms with Crippen molar-refractivity contribution in [2.75, 3.05) is 26.7 Å². The summed E-state index contributed by atoms with van der Waals surface area (Å²) in [5, 5.41) is 10.7. The normalized spacial score (nSPS) is 33.6. The molecule has 0 aromatic rings. The minimum atomic E-state index is -0.255. The van der Waals surface area contributed by atoms with Crippen LogP contribution in [0.25, 0.3) is 0 Å². The molecule has 0 aromatic carbocycles. The summed E-state index contributed by atoms with van der Waals surface area (Å²) in [6.07, 6.45) is 10.1. The number of thioether (sulfide) groups is 1. The van der Waals surface area contributed by atoms with E-state index in [-0.39, 0.29) is 29.1 Å². The molecule has 3 N–H and O–H groups in total. The molecule has 2 saturated heterocycles. The number of hydrogen-bond acceptors (Lipinski definition) is 6. The summed E-state index contributed by atoms with van der Waals surface area (Å²) in [5.41, 5.74) is 2.80. The van der Waals surface area contributed by atoms with Crippen molar-refractivity contribution < 1.29 is 14.3 Å². The average Bonchev–Trinajstić information content (AvgIpc) is 3.43. The smallest absolute Gasteiger partial charge is 0.324 e. The van der Waals surface area contributed by atoms with Crippen LogP contribution in [0, 0.1) is 11.3 Å². The highest BCUT2D eigenvalue weighted by Crippen LogP contribution is 2.50. The zero-order valence-electron chi connectivity index (χ0n) is 18.1. The van der Waals surface area contributed by atoms with Crippen molar-refractivity contribution in [3.63, 3.8) is 0 Å². The fraction of sp³-hybridized carbons (Fsp3) is 0.545. The molecular formula is C22H29N5O3S. The zero-order chi connectivity index (χ0) is 21.8. The lowest BCUT2D eigenvalue weighted by molar-refractivity contribution is -0.128. The Labute approximate surface area is 186 Å². The van der Waals surface area contributed by atoms with Crippen molar-refractivity contribution in [2.45, 2.75) is 38.4 Å². The number of ether oxygens (including phenoxy) is 1. The van der Waals surface area contributed by atoms with Crippen LogP contribution in [-0.2, 0) is 9.53 Å². The highest BCUT2D eigenvalue weighted by molar-refractivity contribution is 8.03. The second-order valence-electron chi connectivity index (χ2n) is 8.93. The molecule has 9 heteroatoms. The second-order valence-corrected chi connectivity index (χ2v) is 10.0.